The van der Waals surface area contributed by atoms with Gasteiger partial charge in [0.05, 0.1) is 18.3 Å². The molecule has 5 nitrogen and oxygen atoms in total. The Labute approximate surface area is 176 Å². The number of unbranched alkanes of at least 4 members (excludes halogenated alkanes) is 3. The average Bonchev–Trinajstić information content (AvgIpc) is 3.23. The minimum absolute atomic E-state index is 0.00745. The molecule has 3 rings (SSSR count). The lowest BCUT2D eigenvalue weighted by atomic mass is 9.84. The van der Waals surface area contributed by atoms with Crippen molar-refractivity contribution in [1.82, 2.24) is 0 Å². The first-order valence-electron chi connectivity index (χ1n) is 10.7. The lowest BCUT2D eigenvalue weighted by molar-refractivity contribution is -0.137. The number of aliphatic hydroxyl groups is 3. The predicted molar refractivity (Wildman–Crippen MR) is 115 cm³/mol. The molecule has 0 amide bonds. The fourth-order valence-corrected chi connectivity index (χ4v) is 5.73. The first-order valence-corrected chi connectivity index (χ1v) is 11.5. The Bertz CT molecular complexity index is 755. The zero-order chi connectivity index (χ0) is 20.8. The molecule has 0 spiro atoms. The van der Waals surface area contributed by atoms with Gasteiger partial charge in [0.25, 0.3) is 0 Å². The highest BCUT2D eigenvalue weighted by Crippen LogP contribution is 2.41. The molecule has 5 unspecified atom stereocenters. The van der Waals surface area contributed by atoms with Crippen molar-refractivity contribution in [3.8, 4) is 0 Å². The molecule has 5 atom stereocenters. The number of hydrogen-bond donors (Lipinski definition) is 4. The Morgan fingerprint density at radius 3 is 2.45 bits per heavy atom. The van der Waals surface area contributed by atoms with E-state index in [2.05, 4.69) is 6.07 Å². The molecule has 0 aliphatic heterocycles. The normalized spacial score (nSPS) is 25.5. The zero-order valence-corrected chi connectivity index (χ0v) is 17.6. The van der Waals surface area contributed by atoms with E-state index in [1.54, 1.807) is 11.3 Å². The summed E-state index contributed by atoms with van der Waals surface area (Å²) in [4.78, 5) is 11.5. The Hall–Kier alpha value is -1.47. The standard InChI is InChI=1S/C23H32O5S/c24-18(22-13-15-7-5-6-9-21(15)29-22)12-11-17-16(19(25)14-20(17)26)8-3-1-2-4-10-23(27)28/h5-7,9,13,16-20,24-26H,1-4,8,10-12,14H2,(H,27,28). The maximum Gasteiger partial charge on any atom is 0.303 e. The van der Waals surface area contributed by atoms with Crippen LogP contribution in [0.25, 0.3) is 10.1 Å². The van der Waals surface area contributed by atoms with E-state index in [9.17, 15) is 20.1 Å². The summed E-state index contributed by atoms with van der Waals surface area (Å²) in [5, 5.41) is 41.3. The van der Waals surface area contributed by atoms with Gasteiger partial charge in [-0.15, -0.1) is 11.3 Å². The maximum atomic E-state index is 10.7. The maximum absolute atomic E-state index is 10.7. The second-order valence-corrected chi connectivity index (χ2v) is 9.44. The molecule has 2 aromatic rings. The van der Waals surface area contributed by atoms with Gasteiger partial charge in [-0.05, 0) is 61.5 Å². The van der Waals surface area contributed by atoms with Crippen LogP contribution in [0.1, 0.15) is 68.8 Å². The molecule has 1 aliphatic rings. The van der Waals surface area contributed by atoms with E-state index in [4.69, 9.17) is 5.11 Å². The smallest absolute Gasteiger partial charge is 0.303 e. The van der Waals surface area contributed by atoms with E-state index in [-0.39, 0.29) is 18.3 Å². The van der Waals surface area contributed by atoms with Crippen LogP contribution in [-0.4, -0.2) is 38.6 Å². The molecule has 0 radical (unpaired) electrons. The number of hydrogen-bond acceptors (Lipinski definition) is 5. The molecule has 0 saturated heterocycles. The Balaban J connectivity index is 1.48. The number of aliphatic hydroxyl groups excluding tert-OH is 3. The quantitative estimate of drug-likeness (QED) is 0.401. The Kier molecular flexibility index (Phi) is 8.07. The van der Waals surface area contributed by atoms with Crippen LogP contribution >= 0.6 is 11.3 Å². The molecule has 1 aromatic carbocycles. The van der Waals surface area contributed by atoms with Gasteiger partial charge in [0.1, 0.15) is 0 Å². The van der Waals surface area contributed by atoms with E-state index in [1.807, 2.05) is 24.3 Å². The number of aliphatic carboxylic acids is 1. The van der Waals surface area contributed by atoms with E-state index < -0.39 is 24.3 Å². The largest absolute Gasteiger partial charge is 0.481 e. The molecular weight excluding hydrogens is 388 g/mol. The molecule has 4 N–H and O–H groups in total. The van der Waals surface area contributed by atoms with Gasteiger partial charge in [0.2, 0.25) is 0 Å². The summed E-state index contributed by atoms with van der Waals surface area (Å²) < 4.78 is 1.17. The summed E-state index contributed by atoms with van der Waals surface area (Å²) in [5.74, 6) is -0.691. The molecule has 6 heteroatoms. The van der Waals surface area contributed by atoms with Crippen LogP contribution in [0.5, 0.6) is 0 Å². The first kappa shape index (κ1) is 22.2. The van der Waals surface area contributed by atoms with Gasteiger partial charge in [-0.1, -0.05) is 37.5 Å². The van der Waals surface area contributed by atoms with E-state index in [0.717, 1.165) is 35.9 Å². The molecule has 1 heterocycles. The van der Waals surface area contributed by atoms with Crippen LogP contribution in [0.4, 0.5) is 0 Å². The number of carboxylic acid groups (broad SMARTS) is 1. The number of thiophene rings is 1. The predicted octanol–water partition coefficient (Wildman–Crippen LogP) is 4.50. The van der Waals surface area contributed by atoms with Crippen molar-refractivity contribution >= 4 is 27.4 Å². The van der Waals surface area contributed by atoms with Gasteiger partial charge in [0, 0.05) is 16.0 Å². The second-order valence-electron chi connectivity index (χ2n) is 8.32. The fourth-order valence-electron chi connectivity index (χ4n) is 4.65. The third kappa shape index (κ3) is 6.01. The highest BCUT2D eigenvalue weighted by molar-refractivity contribution is 7.19. The van der Waals surface area contributed by atoms with Gasteiger partial charge in [-0.3, -0.25) is 4.79 Å². The fraction of sp³-hybridized carbons (Fsp3) is 0.609. The van der Waals surface area contributed by atoms with Crippen molar-refractivity contribution < 1.29 is 25.2 Å². The van der Waals surface area contributed by atoms with Crippen molar-refractivity contribution in [2.24, 2.45) is 11.8 Å². The SMILES string of the molecule is O=C(O)CCCCCCC1C(O)CC(O)C1CCC(O)c1cc2ccccc2s1. The molecule has 1 aromatic heterocycles. The molecule has 29 heavy (non-hydrogen) atoms. The van der Waals surface area contributed by atoms with Gasteiger partial charge >= 0.3 is 5.97 Å². The second kappa shape index (κ2) is 10.5. The summed E-state index contributed by atoms with van der Waals surface area (Å²) in [6, 6.07) is 10.1. The molecule has 1 aliphatic carbocycles. The minimum atomic E-state index is -0.753. The monoisotopic (exact) mass is 420 g/mol. The van der Waals surface area contributed by atoms with Crippen molar-refractivity contribution in [2.75, 3.05) is 0 Å². The number of rotatable bonds is 11. The van der Waals surface area contributed by atoms with Crippen LogP contribution in [0.15, 0.2) is 30.3 Å². The Morgan fingerprint density at radius 1 is 1.03 bits per heavy atom. The van der Waals surface area contributed by atoms with Crippen molar-refractivity contribution in [3.63, 3.8) is 0 Å². The number of benzene rings is 1. The molecule has 0 bridgehead atoms. The van der Waals surface area contributed by atoms with Crippen LogP contribution in [0.3, 0.4) is 0 Å². The first-order chi connectivity index (χ1) is 14.0. The third-order valence-corrected chi connectivity index (χ3v) is 7.46. The molecular formula is C23H32O5S. The Morgan fingerprint density at radius 2 is 1.72 bits per heavy atom. The lowest BCUT2D eigenvalue weighted by Gasteiger charge is -2.24. The van der Waals surface area contributed by atoms with E-state index >= 15 is 0 Å². The van der Waals surface area contributed by atoms with Crippen molar-refractivity contribution in [2.45, 2.75) is 76.1 Å². The highest BCUT2D eigenvalue weighted by atomic mass is 32.1. The molecule has 1 fully saturated rings. The zero-order valence-electron chi connectivity index (χ0n) is 16.7. The van der Waals surface area contributed by atoms with Crippen molar-refractivity contribution in [3.05, 3.63) is 35.2 Å². The topological polar surface area (TPSA) is 98.0 Å². The van der Waals surface area contributed by atoms with Gasteiger partial charge < -0.3 is 20.4 Å². The van der Waals surface area contributed by atoms with Crippen LogP contribution < -0.4 is 0 Å². The average molecular weight is 421 g/mol. The summed E-state index contributed by atoms with van der Waals surface area (Å²) >= 11 is 1.61. The number of carbonyl (C=O) groups is 1. The molecule has 1 saturated carbocycles. The van der Waals surface area contributed by atoms with Gasteiger partial charge in [-0.25, -0.2) is 0 Å². The van der Waals surface area contributed by atoms with Crippen LogP contribution in [0.2, 0.25) is 0 Å². The summed E-state index contributed by atoms with van der Waals surface area (Å²) in [6.45, 7) is 0. The van der Waals surface area contributed by atoms with E-state index in [0.29, 0.717) is 25.7 Å². The van der Waals surface area contributed by atoms with Crippen LogP contribution in [0, 0.1) is 11.8 Å². The van der Waals surface area contributed by atoms with E-state index in [1.165, 1.54) is 4.70 Å². The number of fused-ring (bicyclic) bond motifs is 1. The molecule has 160 valence electrons. The van der Waals surface area contributed by atoms with Crippen LogP contribution in [-0.2, 0) is 4.79 Å². The number of carboxylic acids is 1. The highest BCUT2D eigenvalue weighted by Gasteiger charge is 2.40. The lowest BCUT2D eigenvalue weighted by Crippen LogP contribution is -2.23. The summed E-state index contributed by atoms with van der Waals surface area (Å²) in [6.07, 6.45) is 4.64. The van der Waals surface area contributed by atoms with Crippen molar-refractivity contribution in [1.29, 1.82) is 0 Å². The third-order valence-electron chi connectivity index (χ3n) is 6.25. The minimum Gasteiger partial charge on any atom is -0.481 e. The summed E-state index contributed by atoms with van der Waals surface area (Å²) in [5.41, 5.74) is 0. The summed E-state index contributed by atoms with van der Waals surface area (Å²) in [7, 11) is 0. The van der Waals surface area contributed by atoms with Gasteiger partial charge in [-0.2, -0.15) is 0 Å². The van der Waals surface area contributed by atoms with Gasteiger partial charge in [0.15, 0.2) is 0 Å².